The predicted octanol–water partition coefficient (Wildman–Crippen LogP) is 1.90. The molecule has 1 atom stereocenters. The van der Waals surface area contributed by atoms with Crippen LogP contribution in [0.15, 0.2) is 18.2 Å². The molecule has 0 radical (unpaired) electrons. The fourth-order valence-electron chi connectivity index (χ4n) is 1.84. The Morgan fingerprint density at radius 1 is 1.50 bits per heavy atom. The average molecular weight is 192 g/mol. The summed E-state index contributed by atoms with van der Waals surface area (Å²) in [4.78, 5) is 0. The summed E-state index contributed by atoms with van der Waals surface area (Å²) in [7, 11) is 1.68. The highest BCUT2D eigenvalue weighted by atomic mass is 16.5. The first-order valence-electron chi connectivity index (χ1n) is 4.98. The van der Waals surface area contributed by atoms with Gasteiger partial charge in [0.05, 0.1) is 7.11 Å². The van der Waals surface area contributed by atoms with Crippen molar-refractivity contribution in [2.75, 3.05) is 19.0 Å². The predicted molar refractivity (Wildman–Crippen MR) is 57.6 cm³/mol. The highest BCUT2D eigenvalue weighted by Gasteiger charge is 2.15. The van der Waals surface area contributed by atoms with Gasteiger partial charge in [0.15, 0.2) is 0 Å². The van der Waals surface area contributed by atoms with Gasteiger partial charge in [-0.2, -0.15) is 0 Å². The smallest absolute Gasteiger partial charge is 0.119 e. The summed E-state index contributed by atoms with van der Waals surface area (Å²) in [6.45, 7) is 1.01. The third-order valence-electron chi connectivity index (χ3n) is 2.67. The largest absolute Gasteiger partial charge is 0.497 e. The second-order valence-electron chi connectivity index (χ2n) is 3.63. The molecule has 0 fully saturated rings. The Hall–Kier alpha value is -1.22. The van der Waals surface area contributed by atoms with Crippen LogP contribution in [0, 0.1) is 0 Å². The summed E-state index contributed by atoms with van der Waals surface area (Å²) in [6, 6.07) is 6.16. The van der Waals surface area contributed by atoms with E-state index < -0.39 is 0 Å². The molecule has 3 nitrogen and oxygen atoms in total. The van der Waals surface area contributed by atoms with Crippen molar-refractivity contribution in [1.29, 1.82) is 0 Å². The van der Waals surface area contributed by atoms with E-state index in [-0.39, 0.29) is 6.04 Å². The maximum Gasteiger partial charge on any atom is 0.119 e. The standard InChI is InChI=1S/C11H16N2O/c1-14-8-4-5-11-9(7-8)10(12)3-2-6-13-11/h4-5,7,10,13H,2-3,6,12H2,1H3. The van der Waals surface area contributed by atoms with Crippen molar-refractivity contribution in [3.05, 3.63) is 23.8 Å². The summed E-state index contributed by atoms with van der Waals surface area (Å²) in [5.41, 5.74) is 8.39. The van der Waals surface area contributed by atoms with E-state index in [1.807, 2.05) is 18.2 Å². The van der Waals surface area contributed by atoms with E-state index in [4.69, 9.17) is 10.5 Å². The van der Waals surface area contributed by atoms with Crippen molar-refractivity contribution >= 4 is 5.69 Å². The van der Waals surface area contributed by atoms with Crippen LogP contribution in [0.5, 0.6) is 5.75 Å². The number of ether oxygens (including phenoxy) is 1. The first-order valence-corrected chi connectivity index (χ1v) is 4.98. The Morgan fingerprint density at radius 2 is 2.36 bits per heavy atom. The summed E-state index contributed by atoms with van der Waals surface area (Å²) in [5, 5.41) is 3.37. The molecule has 76 valence electrons. The average Bonchev–Trinajstić information content (AvgIpc) is 2.40. The molecule has 0 saturated carbocycles. The Morgan fingerprint density at radius 3 is 3.14 bits per heavy atom. The number of nitrogens with one attached hydrogen (secondary N) is 1. The van der Waals surface area contributed by atoms with E-state index in [2.05, 4.69) is 5.32 Å². The van der Waals surface area contributed by atoms with Crippen molar-refractivity contribution in [1.82, 2.24) is 0 Å². The number of rotatable bonds is 1. The zero-order valence-electron chi connectivity index (χ0n) is 8.42. The summed E-state index contributed by atoms with van der Waals surface area (Å²) in [6.07, 6.45) is 2.16. The number of hydrogen-bond acceptors (Lipinski definition) is 3. The first kappa shape index (κ1) is 9.34. The lowest BCUT2D eigenvalue weighted by Crippen LogP contribution is -2.09. The second-order valence-corrected chi connectivity index (χ2v) is 3.63. The van der Waals surface area contributed by atoms with Gasteiger partial charge in [0.1, 0.15) is 5.75 Å². The molecule has 1 heterocycles. The van der Waals surface area contributed by atoms with Crippen LogP contribution in [0.4, 0.5) is 5.69 Å². The van der Waals surface area contributed by atoms with Crippen LogP contribution in [-0.4, -0.2) is 13.7 Å². The van der Waals surface area contributed by atoms with Gasteiger partial charge in [-0.1, -0.05) is 0 Å². The van der Waals surface area contributed by atoms with Gasteiger partial charge in [0.2, 0.25) is 0 Å². The molecule has 0 aliphatic carbocycles. The molecular weight excluding hydrogens is 176 g/mol. The Kier molecular flexibility index (Phi) is 2.59. The molecule has 1 unspecified atom stereocenters. The van der Waals surface area contributed by atoms with Gasteiger partial charge in [-0.3, -0.25) is 0 Å². The molecule has 1 aliphatic rings. The minimum Gasteiger partial charge on any atom is -0.497 e. The zero-order chi connectivity index (χ0) is 9.97. The molecule has 0 spiro atoms. The van der Waals surface area contributed by atoms with Gasteiger partial charge in [-0.05, 0) is 36.6 Å². The quantitative estimate of drug-likeness (QED) is 0.714. The molecule has 1 aliphatic heterocycles. The van der Waals surface area contributed by atoms with Gasteiger partial charge in [-0.15, -0.1) is 0 Å². The van der Waals surface area contributed by atoms with E-state index in [1.165, 1.54) is 5.56 Å². The van der Waals surface area contributed by atoms with Gasteiger partial charge in [0.25, 0.3) is 0 Å². The Bertz CT molecular complexity index is 325. The lowest BCUT2D eigenvalue weighted by atomic mass is 10.0. The molecule has 0 amide bonds. The number of fused-ring (bicyclic) bond motifs is 1. The molecule has 0 bridgehead atoms. The topological polar surface area (TPSA) is 47.3 Å². The van der Waals surface area contributed by atoms with Crippen molar-refractivity contribution in [2.45, 2.75) is 18.9 Å². The SMILES string of the molecule is COc1ccc2c(c1)C(N)CCCN2. The fourth-order valence-corrected chi connectivity index (χ4v) is 1.84. The van der Waals surface area contributed by atoms with E-state index in [0.717, 1.165) is 30.8 Å². The highest BCUT2D eigenvalue weighted by Crippen LogP contribution is 2.30. The Balaban J connectivity index is 2.39. The van der Waals surface area contributed by atoms with E-state index >= 15 is 0 Å². The maximum absolute atomic E-state index is 6.07. The van der Waals surface area contributed by atoms with Gasteiger partial charge < -0.3 is 15.8 Å². The fraction of sp³-hybridized carbons (Fsp3) is 0.455. The number of nitrogens with two attached hydrogens (primary N) is 1. The Labute approximate surface area is 84.3 Å². The van der Waals surface area contributed by atoms with E-state index in [0.29, 0.717) is 0 Å². The van der Waals surface area contributed by atoms with Crippen LogP contribution in [0.25, 0.3) is 0 Å². The molecule has 1 aromatic rings. The number of methoxy groups -OCH3 is 1. The summed E-state index contributed by atoms with van der Waals surface area (Å²) < 4.78 is 5.19. The zero-order valence-corrected chi connectivity index (χ0v) is 8.42. The number of anilines is 1. The first-order chi connectivity index (χ1) is 6.81. The molecular formula is C11H16N2O. The monoisotopic (exact) mass is 192 g/mol. The lowest BCUT2D eigenvalue weighted by molar-refractivity contribution is 0.414. The molecule has 0 saturated heterocycles. The highest BCUT2D eigenvalue weighted by molar-refractivity contribution is 5.56. The minimum absolute atomic E-state index is 0.134. The van der Waals surface area contributed by atoms with Crippen molar-refractivity contribution in [2.24, 2.45) is 5.73 Å². The van der Waals surface area contributed by atoms with Gasteiger partial charge >= 0.3 is 0 Å². The van der Waals surface area contributed by atoms with Crippen molar-refractivity contribution < 1.29 is 4.74 Å². The van der Waals surface area contributed by atoms with Crippen LogP contribution < -0.4 is 15.8 Å². The third-order valence-corrected chi connectivity index (χ3v) is 2.67. The van der Waals surface area contributed by atoms with E-state index in [1.54, 1.807) is 7.11 Å². The summed E-state index contributed by atoms with van der Waals surface area (Å²) in [5.74, 6) is 0.878. The molecule has 2 rings (SSSR count). The lowest BCUT2D eigenvalue weighted by Gasteiger charge is -2.13. The van der Waals surface area contributed by atoms with Gasteiger partial charge in [0, 0.05) is 18.3 Å². The van der Waals surface area contributed by atoms with Crippen LogP contribution in [-0.2, 0) is 0 Å². The van der Waals surface area contributed by atoms with Crippen LogP contribution in [0.3, 0.4) is 0 Å². The summed E-state index contributed by atoms with van der Waals surface area (Å²) >= 11 is 0. The number of hydrogen-bond donors (Lipinski definition) is 2. The van der Waals surface area contributed by atoms with Crippen LogP contribution in [0.1, 0.15) is 24.4 Å². The molecule has 3 N–H and O–H groups in total. The molecule has 14 heavy (non-hydrogen) atoms. The van der Waals surface area contributed by atoms with Crippen molar-refractivity contribution in [3.8, 4) is 5.75 Å². The van der Waals surface area contributed by atoms with Crippen LogP contribution in [0.2, 0.25) is 0 Å². The molecule has 3 heteroatoms. The third kappa shape index (κ3) is 1.68. The maximum atomic E-state index is 6.07. The van der Waals surface area contributed by atoms with Crippen LogP contribution >= 0.6 is 0 Å². The van der Waals surface area contributed by atoms with Crippen molar-refractivity contribution in [3.63, 3.8) is 0 Å². The molecule has 1 aromatic carbocycles. The van der Waals surface area contributed by atoms with Gasteiger partial charge in [-0.25, -0.2) is 0 Å². The van der Waals surface area contributed by atoms with E-state index in [9.17, 15) is 0 Å². The minimum atomic E-state index is 0.134. The second kappa shape index (κ2) is 3.88. The normalized spacial score (nSPS) is 20.6. The number of benzene rings is 1. The molecule has 0 aromatic heterocycles.